The molecule has 6 heteroatoms. The van der Waals surface area contributed by atoms with Gasteiger partial charge in [-0.25, -0.2) is 9.48 Å². The maximum Gasteiger partial charge on any atom is 0.346 e. The Bertz CT molecular complexity index is 561. The van der Waals surface area contributed by atoms with Crippen molar-refractivity contribution in [2.45, 2.75) is 78.3 Å². The van der Waals surface area contributed by atoms with Crippen LogP contribution in [0.25, 0.3) is 0 Å². The summed E-state index contributed by atoms with van der Waals surface area (Å²) in [4.78, 5) is 24.4. The van der Waals surface area contributed by atoms with Gasteiger partial charge in [-0.2, -0.15) is 5.10 Å². The summed E-state index contributed by atoms with van der Waals surface area (Å²) in [6, 6.07) is 0. The fourth-order valence-corrected chi connectivity index (χ4v) is 3.12. The number of hydrogen-bond acceptors (Lipinski definition) is 3. The van der Waals surface area contributed by atoms with Crippen molar-refractivity contribution in [1.82, 2.24) is 19.7 Å². The average molecular weight is 322 g/mol. The van der Waals surface area contributed by atoms with Gasteiger partial charge in [-0.05, 0) is 25.2 Å². The Labute approximate surface area is 138 Å². The third-order valence-electron chi connectivity index (χ3n) is 4.71. The molecule has 1 aromatic heterocycles. The molecule has 1 unspecified atom stereocenters. The van der Waals surface area contributed by atoms with Gasteiger partial charge in [-0.3, -0.25) is 9.36 Å². The van der Waals surface area contributed by atoms with Gasteiger partial charge in [0, 0.05) is 19.5 Å². The first-order chi connectivity index (χ1) is 11.2. The van der Waals surface area contributed by atoms with Gasteiger partial charge < -0.3 is 5.32 Å². The second kappa shape index (κ2) is 8.89. The van der Waals surface area contributed by atoms with Crippen LogP contribution in [0.2, 0.25) is 0 Å². The van der Waals surface area contributed by atoms with Crippen molar-refractivity contribution in [3.8, 4) is 0 Å². The number of aromatic nitrogens is 3. The third-order valence-corrected chi connectivity index (χ3v) is 4.71. The van der Waals surface area contributed by atoms with Crippen molar-refractivity contribution >= 4 is 5.91 Å². The highest BCUT2D eigenvalue weighted by Gasteiger charge is 2.17. The summed E-state index contributed by atoms with van der Waals surface area (Å²) in [6.07, 6.45) is 8.64. The zero-order valence-corrected chi connectivity index (χ0v) is 14.5. The van der Waals surface area contributed by atoms with E-state index in [1.165, 1.54) is 17.5 Å². The quantitative estimate of drug-likeness (QED) is 0.797. The van der Waals surface area contributed by atoms with Crippen LogP contribution in [0.3, 0.4) is 0 Å². The van der Waals surface area contributed by atoms with Crippen LogP contribution in [0.15, 0.2) is 4.79 Å². The van der Waals surface area contributed by atoms with E-state index in [1.54, 1.807) is 4.57 Å². The van der Waals surface area contributed by atoms with Crippen LogP contribution in [0.5, 0.6) is 0 Å². The summed E-state index contributed by atoms with van der Waals surface area (Å²) >= 11 is 0. The molecule has 23 heavy (non-hydrogen) atoms. The molecular formula is C17H30N4O2. The van der Waals surface area contributed by atoms with Crippen LogP contribution < -0.4 is 11.0 Å². The molecule has 2 rings (SSSR count). The van der Waals surface area contributed by atoms with Crippen LogP contribution in [0.4, 0.5) is 0 Å². The molecule has 0 aromatic carbocycles. The molecule has 1 amide bonds. The molecule has 0 saturated heterocycles. The van der Waals surface area contributed by atoms with Crippen molar-refractivity contribution in [2.75, 3.05) is 6.54 Å². The van der Waals surface area contributed by atoms with Crippen molar-refractivity contribution in [2.24, 2.45) is 5.92 Å². The zero-order valence-electron chi connectivity index (χ0n) is 14.5. The number of carbonyl (C=O) groups excluding carboxylic acids is 1. The summed E-state index contributed by atoms with van der Waals surface area (Å²) in [5.74, 6) is 1.24. The Morgan fingerprint density at radius 3 is 2.87 bits per heavy atom. The SMILES string of the molecule is CCCCC(CC)CNC(=O)Cn1nc2n(c1=O)CCCCC2. The lowest BCUT2D eigenvalue weighted by atomic mass is 9.99. The number of fused-ring (bicyclic) bond motifs is 1. The molecule has 0 spiro atoms. The molecule has 6 nitrogen and oxygen atoms in total. The largest absolute Gasteiger partial charge is 0.354 e. The molecule has 0 fully saturated rings. The van der Waals surface area contributed by atoms with E-state index >= 15 is 0 Å². The van der Waals surface area contributed by atoms with E-state index in [0.717, 1.165) is 50.9 Å². The van der Waals surface area contributed by atoms with Gasteiger partial charge in [0.15, 0.2) is 0 Å². The standard InChI is InChI=1S/C17H30N4O2/c1-3-5-9-14(4-2)12-18-16(22)13-21-17(23)20-11-8-6-7-10-15(20)19-21/h14H,3-13H2,1-2H3,(H,18,22). The molecule has 0 aliphatic carbocycles. The number of rotatable bonds is 8. The zero-order chi connectivity index (χ0) is 16.7. The topological polar surface area (TPSA) is 68.9 Å². The first-order valence-corrected chi connectivity index (χ1v) is 9.08. The Kier molecular flexibility index (Phi) is 6.86. The van der Waals surface area contributed by atoms with E-state index in [-0.39, 0.29) is 18.1 Å². The van der Waals surface area contributed by atoms with Gasteiger partial charge in [0.25, 0.3) is 0 Å². The van der Waals surface area contributed by atoms with Gasteiger partial charge in [-0.1, -0.05) is 39.5 Å². The van der Waals surface area contributed by atoms with Gasteiger partial charge >= 0.3 is 5.69 Å². The molecule has 0 radical (unpaired) electrons. The van der Waals surface area contributed by atoms with Crippen LogP contribution >= 0.6 is 0 Å². The monoisotopic (exact) mass is 322 g/mol. The van der Waals surface area contributed by atoms with Crippen molar-refractivity contribution < 1.29 is 4.79 Å². The van der Waals surface area contributed by atoms with Crippen LogP contribution in [0, 0.1) is 5.92 Å². The van der Waals surface area contributed by atoms with Crippen LogP contribution in [-0.2, 0) is 24.3 Å². The molecule has 1 aromatic rings. The Balaban J connectivity index is 1.89. The number of hydrogen-bond donors (Lipinski definition) is 1. The summed E-state index contributed by atoms with van der Waals surface area (Å²) < 4.78 is 3.05. The van der Waals surface area contributed by atoms with Crippen molar-refractivity contribution in [1.29, 1.82) is 0 Å². The van der Waals surface area contributed by atoms with E-state index in [0.29, 0.717) is 12.5 Å². The van der Waals surface area contributed by atoms with Crippen LogP contribution in [-0.4, -0.2) is 26.8 Å². The minimum absolute atomic E-state index is 0.0308. The molecule has 1 aliphatic rings. The normalized spacial score (nSPS) is 15.7. The maximum atomic E-state index is 12.3. The number of nitrogens with one attached hydrogen (secondary N) is 1. The lowest BCUT2D eigenvalue weighted by Gasteiger charge is -2.15. The Morgan fingerprint density at radius 1 is 1.30 bits per heavy atom. The fraction of sp³-hybridized carbons (Fsp3) is 0.824. The summed E-state index contributed by atoms with van der Waals surface area (Å²) in [6.45, 7) is 5.79. The fourth-order valence-electron chi connectivity index (χ4n) is 3.12. The van der Waals surface area contributed by atoms with Gasteiger partial charge in [0.05, 0.1) is 0 Å². The number of carbonyl (C=O) groups is 1. The second-order valence-electron chi connectivity index (χ2n) is 6.54. The summed E-state index contributed by atoms with van der Waals surface area (Å²) in [5.41, 5.74) is -0.143. The van der Waals surface area contributed by atoms with Crippen molar-refractivity contribution in [3.05, 3.63) is 16.3 Å². The number of aryl methyl sites for hydroxylation is 1. The molecular weight excluding hydrogens is 292 g/mol. The van der Waals surface area contributed by atoms with E-state index in [4.69, 9.17) is 0 Å². The number of unbranched alkanes of at least 4 members (excludes halogenated alkanes) is 1. The summed E-state index contributed by atoms with van der Waals surface area (Å²) in [7, 11) is 0. The minimum atomic E-state index is -0.143. The molecule has 1 atom stereocenters. The van der Waals surface area contributed by atoms with Gasteiger partial charge in [0.1, 0.15) is 12.4 Å². The van der Waals surface area contributed by atoms with Crippen LogP contribution in [0.1, 0.15) is 64.6 Å². The molecule has 1 N–H and O–H groups in total. The highest BCUT2D eigenvalue weighted by Crippen LogP contribution is 2.11. The minimum Gasteiger partial charge on any atom is -0.354 e. The van der Waals surface area contributed by atoms with E-state index in [2.05, 4.69) is 24.3 Å². The first-order valence-electron chi connectivity index (χ1n) is 9.08. The lowest BCUT2D eigenvalue weighted by Crippen LogP contribution is -2.36. The predicted octanol–water partition coefficient (Wildman–Crippen LogP) is 2.10. The smallest absolute Gasteiger partial charge is 0.346 e. The molecule has 0 saturated carbocycles. The van der Waals surface area contributed by atoms with Gasteiger partial charge in [-0.15, -0.1) is 0 Å². The van der Waals surface area contributed by atoms with Gasteiger partial charge in [0.2, 0.25) is 5.91 Å². The number of nitrogens with zero attached hydrogens (tertiary/aromatic N) is 3. The second-order valence-corrected chi connectivity index (χ2v) is 6.54. The van der Waals surface area contributed by atoms with E-state index in [9.17, 15) is 9.59 Å². The van der Waals surface area contributed by atoms with E-state index in [1.807, 2.05) is 0 Å². The highest BCUT2D eigenvalue weighted by atomic mass is 16.2. The lowest BCUT2D eigenvalue weighted by molar-refractivity contribution is -0.122. The summed E-state index contributed by atoms with van der Waals surface area (Å²) in [5, 5.41) is 7.32. The average Bonchev–Trinajstić information content (AvgIpc) is 2.72. The molecule has 130 valence electrons. The third kappa shape index (κ3) is 4.94. The molecule has 1 aliphatic heterocycles. The first kappa shape index (κ1) is 17.8. The molecule has 0 bridgehead atoms. The predicted molar refractivity (Wildman–Crippen MR) is 90.4 cm³/mol. The maximum absolute atomic E-state index is 12.3. The van der Waals surface area contributed by atoms with E-state index < -0.39 is 0 Å². The Hall–Kier alpha value is -1.59. The van der Waals surface area contributed by atoms with Crippen molar-refractivity contribution in [3.63, 3.8) is 0 Å². The molecule has 2 heterocycles. The highest BCUT2D eigenvalue weighted by molar-refractivity contribution is 5.75. The number of amides is 1. The Morgan fingerprint density at radius 2 is 2.13 bits per heavy atom.